The second-order valence-corrected chi connectivity index (χ2v) is 15.8. The van der Waals surface area contributed by atoms with Gasteiger partial charge >= 0.3 is 0 Å². The van der Waals surface area contributed by atoms with Gasteiger partial charge in [0.05, 0.1) is 22.3 Å². The zero-order valence-corrected chi connectivity index (χ0v) is 32.3. The third-order valence-corrected chi connectivity index (χ3v) is 12.3. The first-order valence-electron chi connectivity index (χ1n) is 20.4. The largest absolute Gasteiger partial charge is 0.456 e. The van der Waals surface area contributed by atoms with Gasteiger partial charge in [0.25, 0.3) is 0 Å². The minimum absolute atomic E-state index is 0.420. The number of nitrogens with one attached hydrogen (secondary N) is 1. The molecule has 280 valence electrons. The first kappa shape index (κ1) is 33.0. The van der Waals surface area contributed by atoms with Gasteiger partial charge in [0, 0.05) is 27.1 Å². The fourth-order valence-corrected chi connectivity index (χ4v) is 9.46. The Kier molecular flexibility index (Phi) is 7.01. The number of benzene rings is 10. The van der Waals surface area contributed by atoms with Crippen molar-refractivity contribution in [2.75, 3.05) is 0 Å². The Morgan fingerprint density at radius 1 is 0.450 bits per heavy atom. The summed E-state index contributed by atoms with van der Waals surface area (Å²) in [7, 11) is 0. The minimum Gasteiger partial charge on any atom is -0.456 e. The molecule has 12 aromatic rings. The van der Waals surface area contributed by atoms with Crippen molar-refractivity contribution in [3.63, 3.8) is 0 Å². The maximum atomic E-state index is 6.64. The lowest BCUT2D eigenvalue weighted by Gasteiger charge is -2.26. The number of furan rings is 1. The molecule has 1 N–H and O–H groups in total. The molecule has 60 heavy (non-hydrogen) atoms. The van der Waals surface area contributed by atoms with E-state index in [1.807, 2.05) is 12.1 Å². The summed E-state index contributed by atoms with van der Waals surface area (Å²) < 4.78 is 9.08. The molecule has 3 heterocycles. The van der Waals surface area contributed by atoms with Crippen LogP contribution in [0.5, 0.6) is 0 Å². The highest BCUT2D eigenvalue weighted by Gasteiger charge is 2.28. The van der Waals surface area contributed by atoms with Crippen molar-refractivity contribution in [1.29, 1.82) is 0 Å². The normalized spacial score (nSPS) is 14.5. The quantitative estimate of drug-likeness (QED) is 0.194. The van der Waals surface area contributed by atoms with Gasteiger partial charge in [0.2, 0.25) is 0 Å². The first-order chi connectivity index (χ1) is 29.7. The average Bonchev–Trinajstić information content (AvgIpc) is 3.83. The molecule has 0 spiro atoms. The Balaban J connectivity index is 1.14. The number of fused-ring (bicyclic) bond motifs is 10. The van der Waals surface area contributed by atoms with E-state index in [2.05, 4.69) is 192 Å². The predicted molar refractivity (Wildman–Crippen MR) is 250 cm³/mol. The molecule has 0 fully saturated rings. The average molecular weight is 767 g/mol. The molecule has 2 aromatic heterocycles. The van der Waals surface area contributed by atoms with Crippen LogP contribution < -0.4 is 5.32 Å². The Morgan fingerprint density at radius 2 is 1.00 bits per heavy atom. The highest BCUT2D eigenvalue weighted by atomic mass is 16.3. The number of nitrogens with zero attached hydrogens (tertiary/aromatic N) is 3. The van der Waals surface area contributed by atoms with Crippen LogP contribution >= 0.6 is 0 Å². The predicted octanol–water partition coefficient (Wildman–Crippen LogP) is 13.8. The van der Waals surface area contributed by atoms with Crippen LogP contribution in [0.2, 0.25) is 0 Å². The standard InChI is InChI=1S/C55H34N4O/c1-3-13-35-27-41(23-21-33(35)11-1)53-56-54(42-24-22-34-12-2-4-14-36(34)28-42)58-55(57-53)52-46(25-26-50-51(52)43-19-9-10-20-49(43)60-50)59-47-31-39-17-7-5-15-37(39)29-44(47)45-30-38-16-6-8-18-40(38)32-48(45)59/h1-32,53H,(H,56,57,58). The maximum absolute atomic E-state index is 6.64. The molecule has 1 aliphatic heterocycles. The van der Waals surface area contributed by atoms with E-state index in [0.29, 0.717) is 5.84 Å². The van der Waals surface area contributed by atoms with Crippen LogP contribution in [-0.4, -0.2) is 16.2 Å². The molecule has 0 radical (unpaired) electrons. The number of aliphatic imine (C=N–C) groups is 2. The van der Waals surface area contributed by atoms with Gasteiger partial charge in [0.15, 0.2) is 5.84 Å². The van der Waals surface area contributed by atoms with Crippen LogP contribution in [0.1, 0.15) is 22.9 Å². The summed E-state index contributed by atoms with van der Waals surface area (Å²) in [5.41, 5.74) is 7.85. The topological polar surface area (TPSA) is 54.8 Å². The van der Waals surface area contributed by atoms with Gasteiger partial charge in [-0.15, -0.1) is 0 Å². The molecule has 13 rings (SSSR count). The monoisotopic (exact) mass is 766 g/mol. The van der Waals surface area contributed by atoms with Crippen LogP contribution in [0.4, 0.5) is 0 Å². The van der Waals surface area contributed by atoms with E-state index in [1.54, 1.807) is 0 Å². The number of hydrogen-bond acceptors (Lipinski definition) is 4. The van der Waals surface area contributed by atoms with Gasteiger partial charge in [-0.05, 0) is 103 Å². The summed E-state index contributed by atoms with van der Waals surface area (Å²) in [5, 5.41) is 17.8. The van der Waals surface area contributed by atoms with Gasteiger partial charge < -0.3 is 14.3 Å². The van der Waals surface area contributed by atoms with Gasteiger partial charge in [-0.25, -0.2) is 9.98 Å². The van der Waals surface area contributed by atoms with E-state index in [4.69, 9.17) is 14.4 Å². The highest BCUT2D eigenvalue weighted by Crippen LogP contribution is 2.42. The SMILES string of the molecule is c1ccc2cc(C3=NC(c4ccc5ccccc5c4)NC(c4c(-n5c6cc7ccccc7cc6c6cc7ccccc7cc65)ccc5oc6ccccc6c45)=N3)ccc2c1. The first-order valence-corrected chi connectivity index (χ1v) is 20.4. The molecule has 1 aliphatic rings. The maximum Gasteiger partial charge on any atom is 0.159 e. The lowest BCUT2D eigenvalue weighted by atomic mass is 10.00. The number of rotatable bonds is 4. The van der Waals surface area contributed by atoms with Crippen LogP contribution in [0.15, 0.2) is 209 Å². The highest BCUT2D eigenvalue weighted by molar-refractivity contribution is 6.25. The summed E-state index contributed by atoms with van der Waals surface area (Å²) in [6.45, 7) is 0. The second kappa shape index (κ2) is 12.7. The molecule has 5 heteroatoms. The Bertz CT molecular complexity index is 3740. The van der Waals surface area contributed by atoms with Crippen molar-refractivity contribution in [2.24, 2.45) is 9.98 Å². The Morgan fingerprint density at radius 3 is 1.67 bits per heavy atom. The molecule has 5 nitrogen and oxygen atoms in total. The third-order valence-electron chi connectivity index (χ3n) is 12.3. The van der Waals surface area contributed by atoms with E-state index >= 15 is 0 Å². The molecule has 0 bridgehead atoms. The zero-order valence-electron chi connectivity index (χ0n) is 32.3. The van der Waals surface area contributed by atoms with Crippen molar-refractivity contribution in [1.82, 2.24) is 9.88 Å². The van der Waals surface area contributed by atoms with Crippen molar-refractivity contribution in [3.05, 3.63) is 211 Å². The zero-order chi connectivity index (χ0) is 39.3. The molecule has 0 amide bonds. The number of hydrogen-bond donors (Lipinski definition) is 1. The van der Waals surface area contributed by atoms with E-state index in [0.717, 1.165) is 72.0 Å². The molecule has 0 aliphatic carbocycles. The molecule has 10 aromatic carbocycles. The molecule has 0 saturated heterocycles. The van der Waals surface area contributed by atoms with Crippen LogP contribution in [0.3, 0.4) is 0 Å². The van der Waals surface area contributed by atoms with E-state index in [9.17, 15) is 0 Å². The lowest BCUT2D eigenvalue weighted by molar-refractivity contribution is 0.667. The molecule has 1 atom stereocenters. The Hall–Kier alpha value is -8.02. The number of amidine groups is 2. The molecule has 0 saturated carbocycles. The molecular weight excluding hydrogens is 733 g/mol. The van der Waals surface area contributed by atoms with Gasteiger partial charge in [-0.3, -0.25) is 0 Å². The fraction of sp³-hybridized carbons (Fsp3) is 0.0182. The van der Waals surface area contributed by atoms with Crippen LogP contribution in [-0.2, 0) is 0 Å². The number of para-hydroxylation sites is 1. The van der Waals surface area contributed by atoms with Crippen LogP contribution in [0.25, 0.3) is 92.5 Å². The minimum atomic E-state index is -0.420. The smallest absolute Gasteiger partial charge is 0.159 e. The van der Waals surface area contributed by atoms with Gasteiger partial charge in [-0.2, -0.15) is 0 Å². The molecule has 1 unspecified atom stereocenters. The van der Waals surface area contributed by atoms with Crippen LogP contribution in [0, 0.1) is 0 Å². The van der Waals surface area contributed by atoms with Crippen molar-refractivity contribution in [2.45, 2.75) is 6.17 Å². The van der Waals surface area contributed by atoms with E-state index in [1.165, 1.54) is 43.1 Å². The van der Waals surface area contributed by atoms with Gasteiger partial charge in [0.1, 0.15) is 23.2 Å². The summed E-state index contributed by atoms with van der Waals surface area (Å²) in [4.78, 5) is 10.9. The Labute approximate surface area is 344 Å². The third kappa shape index (κ3) is 5.06. The van der Waals surface area contributed by atoms with Crippen molar-refractivity contribution >= 4 is 98.5 Å². The van der Waals surface area contributed by atoms with E-state index < -0.39 is 6.17 Å². The van der Waals surface area contributed by atoms with E-state index in [-0.39, 0.29) is 0 Å². The van der Waals surface area contributed by atoms with Crippen molar-refractivity contribution in [3.8, 4) is 5.69 Å². The number of aromatic nitrogens is 1. The second-order valence-electron chi connectivity index (χ2n) is 15.8. The summed E-state index contributed by atoms with van der Waals surface area (Å²) in [6, 6.07) is 69.4. The van der Waals surface area contributed by atoms with Gasteiger partial charge in [-0.1, -0.05) is 140 Å². The lowest BCUT2D eigenvalue weighted by Crippen LogP contribution is -2.34. The van der Waals surface area contributed by atoms with Crippen molar-refractivity contribution < 1.29 is 4.42 Å². The molecular formula is C55H34N4O. The summed E-state index contributed by atoms with van der Waals surface area (Å²) >= 11 is 0. The summed E-state index contributed by atoms with van der Waals surface area (Å²) in [6.07, 6.45) is -0.420. The fourth-order valence-electron chi connectivity index (χ4n) is 9.46. The summed E-state index contributed by atoms with van der Waals surface area (Å²) in [5.74, 6) is 1.40.